The number of nitrogens with zero attached hydrogens (tertiary/aromatic N) is 3. The number of hydrogen-bond donors (Lipinski definition) is 1. The molecule has 98 valence electrons. The molecule has 0 radical (unpaired) electrons. The average molecular weight is 264 g/mol. The fourth-order valence-electron chi connectivity index (χ4n) is 1.37. The SMILES string of the molecule is Cc1nc(-n2cccc(OC(N)=O)c2=O)ncc1F. The molecule has 0 fully saturated rings. The van der Waals surface area contributed by atoms with Gasteiger partial charge in [0, 0.05) is 6.20 Å². The summed E-state index contributed by atoms with van der Waals surface area (Å²) in [5, 5.41) is 0. The number of aromatic nitrogens is 3. The van der Waals surface area contributed by atoms with Crippen LogP contribution in [0.2, 0.25) is 0 Å². The average Bonchev–Trinajstić information content (AvgIpc) is 2.35. The number of rotatable bonds is 2. The molecule has 8 heteroatoms. The van der Waals surface area contributed by atoms with Gasteiger partial charge in [-0.2, -0.15) is 0 Å². The highest BCUT2D eigenvalue weighted by Crippen LogP contribution is 2.07. The molecule has 7 nitrogen and oxygen atoms in total. The maximum atomic E-state index is 13.1. The molecule has 2 heterocycles. The molecule has 0 aliphatic rings. The predicted molar refractivity (Wildman–Crippen MR) is 62.5 cm³/mol. The molecule has 2 aromatic rings. The molecule has 0 bridgehead atoms. The van der Waals surface area contributed by atoms with Crippen molar-refractivity contribution < 1.29 is 13.9 Å². The van der Waals surface area contributed by atoms with Gasteiger partial charge in [0.25, 0.3) is 0 Å². The van der Waals surface area contributed by atoms with E-state index in [1.807, 2.05) is 0 Å². The van der Waals surface area contributed by atoms with Gasteiger partial charge in [-0.25, -0.2) is 23.7 Å². The van der Waals surface area contributed by atoms with E-state index in [0.29, 0.717) is 0 Å². The molecule has 2 rings (SSSR count). The van der Waals surface area contributed by atoms with Crippen molar-refractivity contribution in [2.24, 2.45) is 5.73 Å². The quantitative estimate of drug-likeness (QED) is 0.852. The third kappa shape index (κ3) is 2.57. The monoisotopic (exact) mass is 264 g/mol. The summed E-state index contributed by atoms with van der Waals surface area (Å²) in [4.78, 5) is 30.1. The van der Waals surface area contributed by atoms with Crippen LogP contribution < -0.4 is 16.0 Å². The summed E-state index contributed by atoms with van der Waals surface area (Å²) in [6, 6.07) is 2.72. The number of carbonyl (C=O) groups excluding carboxylic acids is 1. The lowest BCUT2D eigenvalue weighted by atomic mass is 10.4. The van der Waals surface area contributed by atoms with Crippen LogP contribution >= 0.6 is 0 Å². The number of ether oxygens (including phenoxy) is 1. The Balaban J connectivity index is 2.53. The number of nitrogens with two attached hydrogens (primary N) is 1. The lowest BCUT2D eigenvalue weighted by Gasteiger charge is -2.06. The molecule has 0 spiro atoms. The van der Waals surface area contributed by atoms with Gasteiger partial charge in [-0.1, -0.05) is 0 Å². The van der Waals surface area contributed by atoms with Gasteiger partial charge in [-0.05, 0) is 19.1 Å². The van der Waals surface area contributed by atoms with Gasteiger partial charge in [-0.3, -0.25) is 4.79 Å². The topological polar surface area (TPSA) is 100 Å². The van der Waals surface area contributed by atoms with Crippen LogP contribution in [0.4, 0.5) is 9.18 Å². The second kappa shape index (κ2) is 4.84. The number of carbonyl (C=O) groups is 1. The Morgan fingerprint density at radius 1 is 1.53 bits per heavy atom. The number of primary amides is 1. The van der Waals surface area contributed by atoms with Crippen molar-refractivity contribution in [3.63, 3.8) is 0 Å². The zero-order chi connectivity index (χ0) is 14.0. The lowest BCUT2D eigenvalue weighted by Crippen LogP contribution is -2.26. The summed E-state index contributed by atoms with van der Waals surface area (Å²) >= 11 is 0. The number of hydrogen-bond acceptors (Lipinski definition) is 5. The molecule has 0 aromatic carbocycles. The van der Waals surface area contributed by atoms with Gasteiger partial charge in [0.2, 0.25) is 5.95 Å². The Morgan fingerprint density at radius 2 is 2.26 bits per heavy atom. The van der Waals surface area contributed by atoms with Crippen LogP contribution in [0.5, 0.6) is 5.75 Å². The molecule has 19 heavy (non-hydrogen) atoms. The Hall–Kier alpha value is -2.77. The molecule has 0 aliphatic carbocycles. The van der Waals surface area contributed by atoms with Gasteiger partial charge in [-0.15, -0.1) is 0 Å². The van der Waals surface area contributed by atoms with Crippen LogP contribution in [-0.2, 0) is 0 Å². The molecular weight excluding hydrogens is 255 g/mol. The number of amides is 1. The summed E-state index contributed by atoms with van der Waals surface area (Å²) in [6.45, 7) is 1.44. The minimum absolute atomic E-state index is 0.0289. The number of aryl methyl sites for hydroxylation is 1. The van der Waals surface area contributed by atoms with Gasteiger partial charge < -0.3 is 10.5 Å². The maximum absolute atomic E-state index is 13.1. The Kier molecular flexibility index (Phi) is 3.23. The highest BCUT2D eigenvalue weighted by Gasteiger charge is 2.11. The molecular formula is C11H9FN4O3. The molecule has 2 N–H and O–H groups in total. The fraction of sp³-hybridized carbons (Fsp3) is 0.0909. The zero-order valence-electron chi connectivity index (χ0n) is 9.83. The third-order valence-corrected chi connectivity index (χ3v) is 2.25. The van der Waals surface area contributed by atoms with Gasteiger partial charge >= 0.3 is 11.7 Å². The van der Waals surface area contributed by atoms with Crippen molar-refractivity contribution in [2.75, 3.05) is 0 Å². The van der Waals surface area contributed by atoms with E-state index in [2.05, 4.69) is 14.7 Å². The Morgan fingerprint density at radius 3 is 2.89 bits per heavy atom. The van der Waals surface area contributed by atoms with E-state index < -0.39 is 17.5 Å². The highest BCUT2D eigenvalue weighted by atomic mass is 19.1. The molecule has 0 atom stereocenters. The Labute approximate surface area is 106 Å². The van der Waals surface area contributed by atoms with Crippen LogP contribution in [0, 0.1) is 12.7 Å². The van der Waals surface area contributed by atoms with Gasteiger partial charge in [0.05, 0.1) is 11.9 Å². The largest absolute Gasteiger partial charge is 0.410 e. The summed E-state index contributed by atoms with van der Waals surface area (Å²) in [5.74, 6) is -0.874. The van der Waals surface area contributed by atoms with Crippen LogP contribution in [0.25, 0.3) is 5.95 Å². The van der Waals surface area contributed by atoms with Crippen molar-refractivity contribution in [2.45, 2.75) is 6.92 Å². The molecule has 0 aliphatic heterocycles. The summed E-state index contributed by atoms with van der Waals surface area (Å²) in [7, 11) is 0. The van der Waals surface area contributed by atoms with Crippen LogP contribution in [0.3, 0.4) is 0 Å². The smallest absolute Gasteiger partial charge is 0.405 e. The second-order valence-corrected chi connectivity index (χ2v) is 3.57. The standard InChI is InChI=1S/C11H9FN4O3/c1-6-7(12)5-14-11(15-6)16-4-2-3-8(9(16)17)19-10(13)18/h2-5H,1H3,(H2,13,18). The zero-order valence-corrected chi connectivity index (χ0v) is 9.83. The van der Waals surface area contributed by atoms with E-state index in [0.717, 1.165) is 10.8 Å². The van der Waals surface area contributed by atoms with E-state index >= 15 is 0 Å². The minimum atomic E-state index is -1.11. The molecule has 1 amide bonds. The first-order chi connectivity index (χ1) is 8.99. The lowest BCUT2D eigenvalue weighted by molar-refractivity contribution is 0.210. The normalized spacial score (nSPS) is 10.2. The van der Waals surface area contributed by atoms with Crippen molar-refractivity contribution in [1.82, 2.24) is 14.5 Å². The first kappa shape index (κ1) is 12.7. The third-order valence-electron chi connectivity index (χ3n) is 2.25. The van der Waals surface area contributed by atoms with Crippen molar-refractivity contribution in [3.05, 3.63) is 46.4 Å². The summed E-state index contributed by atoms with van der Waals surface area (Å²) in [6.07, 6.45) is 1.21. The van der Waals surface area contributed by atoms with E-state index in [9.17, 15) is 14.0 Å². The number of halogens is 1. The molecule has 0 saturated carbocycles. The highest BCUT2D eigenvalue weighted by molar-refractivity contribution is 5.67. The van der Waals surface area contributed by atoms with E-state index in [1.165, 1.54) is 25.3 Å². The number of pyridine rings is 1. The van der Waals surface area contributed by atoms with Crippen molar-refractivity contribution in [3.8, 4) is 11.7 Å². The van der Waals surface area contributed by atoms with E-state index in [-0.39, 0.29) is 17.4 Å². The Bertz CT molecular complexity index is 699. The van der Waals surface area contributed by atoms with Crippen molar-refractivity contribution in [1.29, 1.82) is 0 Å². The molecule has 0 saturated heterocycles. The maximum Gasteiger partial charge on any atom is 0.410 e. The summed E-state index contributed by atoms with van der Waals surface area (Å²) in [5.41, 5.74) is 4.26. The first-order valence-corrected chi connectivity index (χ1v) is 5.17. The van der Waals surface area contributed by atoms with Crippen LogP contribution in [0.15, 0.2) is 29.3 Å². The van der Waals surface area contributed by atoms with Crippen LogP contribution in [-0.4, -0.2) is 20.6 Å². The van der Waals surface area contributed by atoms with Crippen LogP contribution in [0.1, 0.15) is 5.69 Å². The van der Waals surface area contributed by atoms with Gasteiger partial charge in [0.15, 0.2) is 11.6 Å². The van der Waals surface area contributed by atoms with E-state index in [1.54, 1.807) is 0 Å². The molecule has 0 unspecified atom stereocenters. The van der Waals surface area contributed by atoms with Gasteiger partial charge in [0.1, 0.15) is 0 Å². The summed E-state index contributed by atoms with van der Waals surface area (Å²) < 4.78 is 18.6. The minimum Gasteiger partial charge on any atom is -0.405 e. The molecule has 2 aromatic heterocycles. The first-order valence-electron chi connectivity index (χ1n) is 5.17. The fourth-order valence-corrected chi connectivity index (χ4v) is 1.37. The van der Waals surface area contributed by atoms with E-state index in [4.69, 9.17) is 5.73 Å². The predicted octanol–water partition coefficient (Wildman–Crippen LogP) is 0.533. The van der Waals surface area contributed by atoms with Crippen molar-refractivity contribution >= 4 is 6.09 Å². The second-order valence-electron chi connectivity index (χ2n) is 3.57.